The average Bonchev–Trinajstić information content (AvgIpc) is 3.67. The molecule has 392 valence electrons. The number of anilines is 6. The SMILES string of the molecule is Cc1cc(C)c(N(c2ccc(C=Cc3ccc(C=Cc4ccc(N(c5ccc(C=C(c6ccccc6)c6ccccc6)cc5)c5c(C)cccc5C)cc4)cc3)cc2)c2ccc(C=C(c3ccccc3)c3ccccc3)cc2)c(C)c1. The molecule has 0 aliphatic rings. The molecule has 11 aromatic carbocycles. The predicted octanol–water partition coefficient (Wildman–Crippen LogP) is 21.7. The monoisotopic (exact) mass is 1040 g/mol. The van der Waals surface area contributed by atoms with Gasteiger partial charge >= 0.3 is 0 Å². The quantitative estimate of drug-likeness (QED) is 0.0890. The molecule has 0 heterocycles. The van der Waals surface area contributed by atoms with Crippen LogP contribution in [0.3, 0.4) is 0 Å². The maximum absolute atomic E-state index is 2.40. The Morgan fingerprint density at radius 1 is 0.247 bits per heavy atom. The van der Waals surface area contributed by atoms with E-state index >= 15 is 0 Å². The number of nitrogens with zero attached hydrogens (tertiary/aromatic N) is 2. The molecule has 0 atom stereocenters. The van der Waals surface area contributed by atoms with E-state index < -0.39 is 0 Å². The van der Waals surface area contributed by atoms with Crippen LogP contribution in [0.5, 0.6) is 0 Å². The summed E-state index contributed by atoms with van der Waals surface area (Å²) in [5, 5.41) is 0. The Hall–Kier alpha value is -10.0. The normalized spacial score (nSPS) is 11.2. The number of rotatable bonds is 16. The first-order valence-corrected chi connectivity index (χ1v) is 28.0. The smallest absolute Gasteiger partial charge is 0.0520 e. The summed E-state index contributed by atoms with van der Waals surface area (Å²) in [6, 6.07) is 98.1. The van der Waals surface area contributed by atoms with Gasteiger partial charge in [0.25, 0.3) is 0 Å². The number of hydrogen-bond donors (Lipinski definition) is 0. The van der Waals surface area contributed by atoms with Gasteiger partial charge < -0.3 is 9.80 Å². The van der Waals surface area contributed by atoms with Crippen molar-refractivity contribution in [3.05, 3.63) is 356 Å². The van der Waals surface area contributed by atoms with Gasteiger partial charge in [-0.1, -0.05) is 254 Å². The van der Waals surface area contributed by atoms with E-state index in [2.05, 4.69) is 354 Å². The molecule has 0 N–H and O–H groups in total. The molecular formula is C79H66N2. The Kier molecular flexibility index (Phi) is 16.2. The highest BCUT2D eigenvalue weighted by molar-refractivity contribution is 5.93. The van der Waals surface area contributed by atoms with E-state index in [1.807, 2.05) is 0 Å². The van der Waals surface area contributed by atoms with E-state index in [4.69, 9.17) is 0 Å². The first kappa shape index (κ1) is 53.0. The van der Waals surface area contributed by atoms with Crippen molar-refractivity contribution in [3.63, 3.8) is 0 Å². The summed E-state index contributed by atoms with van der Waals surface area (Å²) in [5.41, 5.74) is 27.1. The molecule has 11 aromatic rings. The van der Waals surface area contributed by atoms with Gasteiger partial charge in [-0.05, 0) is 184 Å². The van der Waals surface area contributed by atoms with Crippen LogP contribution in [0, 0.1) is 34.6 Å². The molecule has 0 unspecified atom stereocenters. The third-order valence-corrected chi connectivity index (χ3v) is 15.0. The van der Waals surface area contributed by atoms with Crippen molar-refractivity contribution in [3.8, 4) is 0 Å². The van der Waals surface area contributed by atoms with Crippen LogP contribution in [-0.4, -0.2) is 0 Å². The van der Waals surface area contributed by atoms with Crippen molar-refractivity contribution in [2.24, 2.45) is 0 Å². The number of benzene rings is 11. The lowest BCUT2D eigenvalue weighted by atomic mass is 9.95. The summed E-state index contributed by atoms with van der Waals surface area (Å²) < 4.78 is 0. The topological polar surface area (TPSA) is 6.48 Å². The zero-order valence-corrected chi connectivity index (χ0v) is 46.8. The minimum Gasteiger partial charge on any atom is -0.310 e. The fourth-order valence-corrected chi connectivity index (χ4v) is 11.0. The fraction of sp³-hybridized carbons (Fsp3) is 0.0633. The van der Waals surface area contributed by atoms with Gasteiger partial charge in [-0.15, -0.1) is 0 Å². The van der Waals surface area contributed by atoms with Gasteiger partial charge in [0.2, 0.25) is 0 Å². The maximum atomic E-state index is 2.40. The summed E-state index contributed by atoms with van der Waals surface area (Å²) >= 11 is 0. The molecule has 0 radical (unpaired) electrons. The second-order valence-electron chi connectivity index (χ2n) is 20.9. The molecule has 11 rings (SSSR count). The summed E-state index contributed by atoms with van der Waals surface area (Å²) in [6.45, 7) is 11.0. The van der Waals surface area contributed by atoms with Gasteiger partial charge in [-0.2, -0.15) is 0 Å². The molecule has 2 nitrogen and oxygen atoms in total. The van der Waals surface area contributed by atoms with E-state index in [-0.39, 0.29) is 0 Å². The molecule has 0 aliphatic carbocycles. The minimum absolute atomic E-state index is 1.11. The van der Waals surface area contributed by atoms with E-state index in [1.165, 1.54) is 72.6 Å². The van der Waals surface area contributed by atoms with E-state index in [1.54, 1.807) is 0 Å². The maximum Gasteiger partial charge on any atom is 0.0520 e. The molecule has 0 fully saturated rings. The van der Waals surface area contributed by atoms with E-state index in [0.29, 0.717) is 0 Å². The van der Waals surface area contributed by atoms with Gasteiger partial charge in [0.05, 0.1) is 11.4 Å². The molecule has 0 spiro atoms. The van der Waals surface area contributed by atoms with Crippen molar-refractivity contribution in [2.45, 2.75) is 34.6 Å². The van der Waals surface area contributed by atoms with Crippen LogP contribution in [0.1, 0.15) is 83.5 Å². The summed E-state index contributed by atoms with van der Waals surface area (Å²) in [7, 11) is 0. The van der Waals surface area contributed by atoms with Gasteiger partial charge in [0, 0.05) is 22.7 Å². The summed E-state index contributed by atoms with van der Waals surface area (Å²) in [6.07, 6.45) is 13.4. The highest BCUT2D eigenvalue weighted by Gasteiger charge is 2.19. The van der Waals surface area contributed by atoms with Crippen LogP contribution in [0.15, 0.2) is 273 Å². The largest absolute Gasteiger partial charge is 0.310 e. The second kappa shape index (κ2) is 24.8. The Bertz CT molecular complexity index is 3880. The Morgan fingerprint density at radius 2 is 0.494 bits per heavy atom. The Labute approximate surface area is 480 Å². The van der Waals surface area contributed by atoms with Crippen LogP contribution in [0.4, 0.5) is 34.1 Å². The van der Waals surface area contributed by atoms with E-state index in [0.717, 1.165) is 56.1 Å². The highest BCUT2D eigenvalue weighted by atomic mass is 15.2. The van der Waals surface area contributed by atoms with Crippen molar-refractivity contribution in [1.82, 2.24) is 0 Å². The van der Waals surface area contributed by atoms with Crippen LogP contribution < -0.4 is 9.80 Å². The van der Waals surface area contributed by atoms with Crippen molar-refractivity contribution in [1.29, 1.82) is 0 Å². The molecule has 2 heteroatoms. The molecule has 0 aromatic heterocycles. The standard InChI is InChI=1S/C79H66N2/c1-57-53-60(4)79(61(5)54-57)81(75-51-43-67(44-52-75)56-77(70-25-14-8-15-26-70)71-27-16-9-17-28-71)73-47-39-65(40-48-73)36-34-63-31-29-62(30-32-63)33-35-64-37-45-72(46-38-64)80(78-58(2)19-18-20-59(78)3)74-49-41-66(42-50-74)55-76(68-21-10-6-11-22-68)69-23-12-7-13-24-69/h6-56H,1-5H3. The number of para-hydroxylation sites is 1. The fourth-order valence-electron chi connectivity index (χ4n) is 11.0. The predicted molar refractivity (Wildman–Crippen MR) is 350 cm³/mol. The summed E-state index contributed by atoms with van der Waals surface area (Å²) in [4.78, 5) is 4.78. The molecule has 0 aliphatic heterocycles. The van der Waals surface area contributed by atoms with Gasteiger partial charge in [0.1, 0.15) is 0 Å². The molecule has 0 saturated heterocycles. The Balaban J connectivity index is 0.790. The third-order valence-electron chi connectivity index (χ3n) is 15.0. The average molecular weight is 1040 g/mol. The van der Waals surface area contributed by atoms with Gasteiger partial charge in [-0.3, -0.25) is 0 Å². The first-order chi connectivity index (χ1) is 39.7. The first-order valence-electron chi connectivity index (χ1n) is 28.0. The molecule has 0 saturated carbocycles. The van der Waals surface area contributed by atoms with Crippen LogP contribution in [0.2, 0.25) is 0 Å². The molecule has 0 bridgehead atoms. The molecular weight excluding hydrogens is 977 g/mol. The van der Waals surface area contributed by atoms with E-state index in [9.17, 15) is 0 Å². The lowest BCUT2D eigenvalue weighted by Gasteiger charge is -2.29. The Morgan fingerprint density at radius 3 is 0.778 bits per heavy atom. The third kappa shape index (κ3) is 12.6. The number of aryl methyl sites for hydroxylation is 5. The van der Waals surface area contributed by atoms with Gasteiger partial charge in [0.15, 0.2) is 0 Å². The summed E-state index contributed by atoms with van der Waals surface area (Å²) in [5.74, 6) is 0. The van der Waals surface area contributed by atoms with Gasteiger partial charge in [-0.25, -0.2) is 0 Å². The second-order valence-corrected chi connectivity index (χ2v) is 20.9. The highest BCUT2D eigenvalue weighted by Crippen LogP contribution is 2.42. The molecule has 0 amide bonds. The minimum atomic E-state index is 1.11. The number of hydrogen-bond acceptors (Lipinski definition) is 2. The van der Waals surface area contributed by atoms with Crippen LogP contribution in [0.25, 0.3) is 47.6 Å². The zero-order valence-electron chi connectivity index (χ0n) is 46.8. The van der Waals surface area contributed by atoms with Crippen molar-refractivity contribution < 1.29 is 0 Å². The lowest BCUT2D eigenvalue weighted by Crippen LogP contribution is -2.13. The molecule has 81 heavy (non-hydrogen) atoms. The van der Waals surface area contributed by atoms with Crippen LogP contribution in [-0.2, 0) is 0 Å². The van der Waals surface area contributed by atoms with Crippen LogP contribution >= 0.6 is 0 Å². The lowest BCUT2D eigenvalue weighted by molar-refractivity contribution is 1.20. The van der Waals surface area contributed by atoms with Crippen molar-refractivity contribution in [2.75, 3.05) is 9.80 Å². The van der Waals surface area contributed by atoms with Crippen molar-refractivity contribution >= 4 is 81.7 Å². The zero-order chi connectivity index (χ0) is 55.5.